The van der Waals surface area contributed by atoms with E-state index in [4.69, 9.17) is 0 Å². The summed E-state index contributed by atoms with van der Waals surface area (Å²) in [5, 5.41) is 7.57. The number of nitrogens with one attached hydrogen (secondary N) is 1. The molecule has 1 rings (SSSR count). The molecule has 1 aromatic rings. The first-order chi connectivity index (χ1) is 8.91. The Morgan fingerprint density at radius 1 is 1.20 bits per heavy atom. The summed E-state index contributed by atoms with van der Waals surface area (Å²) < 4.78 is 1.85. The summed E-state index contributed by atoms with van der Waals surface area (Å²) in [6.07, 6.45) is 0. The van der Waals surface area contributed by atoms with Gasteiger partial charge in [-0.05, 0) is 19.9 Å². The van der Waals surface area contributed by atoms with Crippen molar-refractivity contribution < 1.29 is 4.79 Å². The maximum absolute atomic E-state index is 12.0. The highest BCUT2D eigenvalue weighted by atomic mass is 16.2. The summed E-state index contributed by atoms with van der Waals surface area (Å²) in [4.78, 5) is 12.0. The fraction of sp³-hybridized carbons (Fsp3) is 0.750. The predicted octanol–water partition coefficient (Wildman–Crippen LogP) is 3.00. The Labute approximate surface area is 122 Å². The van der Waals surface area contributed by atoms with E-state index >= 15 is 0 Å². The smallest absolute Gasteiger partial charge is 0.241 e. The number of rotatable bonds is 3. The normalized spacial score (nSPS) is 12.8. The molecule has 20 heavy (non-hydrogen) atoms. The zero-order valence-electron chi connectivity index (χ0n) is 14.2. The van der Waals surface area contributed by atoms with Gasteiger partial charge in [-0.1, -0.05) is 41.5 Å². The third-order valence-corrected chi connectivity index (χ3v) is 3.06. The van der Waals surface area contributed by atoms with Gasteiger partial charge in [0.1, 0.15) is 6.54 Å². The van der Waals surface area contributed by atoms with Gasteiger partial charge in [-0.25, -0.2) is 0 Å². The molecule has 0 spiro atoms. The zero-order chi connectivity index (χ0) is 15.7. The van der Waals surface area contributed by atoms with Crippen LogP contribution in [-0.4, -0.2) is 21.7 Å². The largest absolute Gasteiger partial charge is 0.352 e. The first-order valence-corrected chi connectivity index (χ1v) is 7.29. The third-order valence-electron chi connectivity index (χ3n) is 3.06. The highest BCUT2D eigenvalue weighted by Crippen LogP contribution is 2.28. The van der Waals surface area contributed by atoms with Gasteiger partial charge in [-0.15, -0.1) is 0 Å². The molecule has 1 aromatic heterocycles. The molecule has 0 radical (unpaired) electrons. The van der Waals surface area contributed by atoms with Crippen LogP contribution in [-0.2, 0) is 22.2 Å². The maximum atomic E-state index is 12.0. The number of carbonyl (C=O) groups is 1. The van der Waals surface area contributed by atoms with Gasteiger partial charge in [-0.3, -0.25) is 9.48 Å². The molecule has 1 N–H and O–H groups in total. The number of carbonyl (C=O) groups excluding carboxylic acids is 1. The van der Waals surface area contributed by atoms with E-state index in [0.29, 0.717) is 0 Å². The molecule has 114 valence electrons. The van der Waals surface area contributed by atoms with Crippen LogP contribution >= 0.6 is 0 Å². The fourth-order valence-electron chi connectivity index (χ4n) is 2.01. The summed E-state index contributed by atoms with van der Waals surface area (Å²) >= 11 is 0. The van der Waals surface area contributed by atoms with Gasteiger partial charge < -0.3 is 5.32 Å². The van der Waals surface area contributed by atoms with E-state index in [9.17, 15) is 4.79 Å². The third kappa shape index (κ3) is 4.36. The first kappa shape index (κ1) is 16.7. The van der Waals surface area contributed by atoms with Crippen LogP contribution in [0.1, 0.15) is 66.8 Å². The van der Waals surface area contributed by atoms with Crippen LogP contribution < -0.4 is 5.32 Å². The van der Waals surface area contributed by atoms with Crippen LogP contribution in [0, 0.1) is 0 Å². The highest BCUT2D eigenvalue weighted by Gasteiger charge is 2.26. The van der Waals surface area contributed by atoms with Crippen LogP contribution in [0.25, 0.3) is 0 Å². The van der Waals surface area contributed by atoms with Crippen LogP contribution in [0.3, 0.4) is 0 Å². The van der Waals surface area contributed by atoms with E-state index in [1.54, 1.807) is 0 Å². The minimum absolute atomic E-state index is 0.00839. The molecule has 0 saturated heterocycles. The molecule has 0 aliphatic rings. The Bertz CT molecular complexity index is 473. The number of aromatic nitrogens is 2. The Balaban J connectivity index is 3.11. The SMILES string of the molecule is CC(C)NC(=O)Cn1nc(C(C)(C)C)cc1C(C)(C)C. The molecule has 0 unspecified atom stereocenters. The second kappa shape index (κ2) is 5.58. The van der Waals surface area contributed by atoms with Gasteiger partial charge in [0.15, 0.2) is 0 Å². The topological polar surface area (TPSA) is 46.9 Å². The molecule has 0 bridgehead atoms. The quantitative estimate of drug-likeness (QED) is 0.924. The van der Waals surface area contributed by atoms with Crippen molar-refractivity contribution in [2.45, 2.75) is 78.8 Å². The van der Waals surface area contributed by atoms with Gasteiger partial charge in [-0.2, -0.15) is 5.10 Å². The average molecular weight is 279 g/mol. The number of amides is 1. The van der Waals surface area contributed by atoms with E-state index in [0.717, 1.165) is 11.4 Å². The lowest BCUT2D eigenvalue weighted by Crippen LogP contribution is -2.34. The van der Waals surface area contributed by atoms with Crippen molar-refractivity contribution in [3.05, 3.63) is 17.5 Å². The Morgan fingerprint density at radius 2 is 1.75 bits per heavy atom. The summed E-state index contributed by atoms with van der Waals surface area (Å²) in [7, 11) is 0. The van der Waals surface area contributed by atoms with E-state index < -0.39 is 0 Å². The Morgan fingerprint density at radius 3 is 2.15 bits per heavy atom. The van der Waals surface area contributed by atoms with Crippen LogP contribution in [0.4, 0.5) is 0 Å². The van der Waals surface area contributed by atoms with Gasteiger partial charge in [0, 0.05) is 22.6 Å². The molecule has 1 heterocycles. The van der Waals surface area contributed by atoms with E-state index in [1.165, 1.54) is 0 Å². The molecule has 0 aliphatic carbocycles. The summed E-state index contributed by atoms with van der Waals surface area (Å²) in [5.41, 5.74) is 2.08. The lowest BCUT2D eigenvalue weighted by molar-refractivity contribution is -0.122. The van der Waals surface area contributed by atoms with Crippen molar-refractivity contribution >= 4 is 5.91 Å². The lowest BCUT2D eigenvalue weighted by atomic mass is 9.88. The van der Waals surface area contributed by atoms with Crippen molar-refractivity contribution in [1.29, 1.82) is 0 Å². The highest BCUT2D eigenvalue weighted by molar-refractivity contribution is 5.76. The van der Waals surface area contributed by atoms with Gasteiger partial charge in [0.2, 0.25) is 5.91 Å². The minimum atomic E-state index is -0.0331. The summed E-state index contributed by atoms with van der Waals surface area (Å²) in [5.74, 6) is 0.00839. The average Bonchev–Trinajstić information content (AvgIpc) is 2.58. The van der Waals surface area contributed by atoms with Crippen molar-refractivity contribution in [2.75, 3.05) is 0 Å². The molecule has 0 atom stereocenters. The predicted molar refractivity (Wildman–Crippen MR) is 82.9 cm³/mol. The van der Waals surface area contributed by atoms with E-state index in [1.807, 2.05) is 18.5 Å². The summed E-state index contributed by atoms with van der Waals surface area (Å²) in [6.45, 7) is 17.1. The van der Waals surface area contributed by atoms with Crippen LogP contribution in [0.5, 0.6) is 0 Å². The standard InChI is InChI=1S/C16H29N3O/c1-11(2)17-14(20)10-19-13(16(6,7)8)9-12(18-19)15(3,4)5/h9,11H,10H2,1-8H3,(H,17,20). The van der Waals surface area contributed by atoms with Gasteiger partial charge in [0.05, 0.1) is 5.69 Å². The molecule has 4 heteroatoms. The zero-order valence-corrected chi connectivity index (χ0v) is 14.2. The van der Waals surface area contributed by atoms with Crippen LogP contribution in [0.15, 0.2) is 6.07 Å². The molecular weight excluding hydrogens is 250 g/mol. The second-order valence-corrected chi connectivity index (χ2v) is 7.79. The molecule has 4 nitrogen and oxygen atoms in total. The van der Waals surface area contributed by atoms with Crippen molar-refractivity contribution in [1.82, 2.24) is 15.1 Å². The van der Waals surface area contributed by atoms with Crippen molar-refractivity contribution in [3.8, 4) is 0 Å². The monoisotopic (exact) mass is 279 g/mol. The Kier molecular flexibility index (Phi) is 4.67. The molecule has 1 amide bonds. The number of hydrogen-bond donors (Lipinski definition) is 1. The molecular formula is C16H29N3O. The first-order valence-electron chi connectivity index (χ1n) is 7.29. The van der Waals surface area contributed by atoms with Crippen LogP contribution in [0.2, 0.25) is 0 Å². The summed E-state index contributed by atoms with van der Waals surface area (Å²) in [6, 6.07) is 2.28. The number of nitrogens with zero attached hydrogens (tertiary/aromatic N) is 2. The molecule has 0 fully saturated rings. The molecule has 0 saturated carbocycles. The molecule has 0 aliphatic heterocycles. The minimum Gasteiger partial charge on any atom is -0.352 e. The van der Waals surface area contributed by atoms with E-state index in [-0.39, 0.29) is 29.3 Å². The number of hydrogen-bond acceptors (Lipinski definition) is 2. The fourth-order valence-corrected chi connectivity index (χ4v) is 2.01. The van der Waals surface area contributed by atoms with Crippen molar-refractivity contribution in [2.24, 2.45) is 0 Å². The van der Waals surface area contributed by atoms with Gasteiger partial charge in [0.25, 0.3) is 0 Å². The van der Waals surface area contributed by atoms with E-state index in [2.05, 4.69) is 58.0 Å². The van der Waals surface area contributed by atoms with Crippen molar-refractivity contribution in [3.63, 3.8) is 0 Å². The second-order valence-electron chi connectivity index (χ2n) is 7.79. The maximum Gasteiger partial charge on any atom is 0.241 e. The van der Waals surface area contributed by atoms with Gasteiger partial charge >= 0.3 is 0 Å². The lowest BCUT2D eigenvalue weighted by Gasteiger charge is -2.20. The Hall–Kier alpha value is -1.32. The molecule has 0 aromatic carbocycles.